The molecule has 1 aliphatic rings. The van der Waals surface area contributed by atoms with Gasteiger partial charge in [-0.2, -0.15) is 0 Å². The van der Waals surface area contributed by atoms with Gasteiger partial charge in [0.25, 0.3) is 0 Å². The van der Waals surface area contributed by atoms with Crippen LogP contribution < -0.4 is 9.80 Å². The fourth-order valence-corrected chi connectivity index (χ4v) is 8.04. The lowest BCUT2D eigenvalue weighted by Gasteiger charge is -2.30. The van der Waals surface area contributed by atoms with Crippen molar-refractivity contribution in [3.63, 3.8) is 0 Å². The largest absolute Gasteiger partial charge is 0.310 e. The summed E-state index contributed by atoms with van der Waals surface area (Å²) in [5.41, 5.74) is 20.0. The Morgan fingerprint density at radius 2 is 0.654 bits per heavy atom. The summed E-state index contributed by atoms with van der Waals surface area (Å²) >= 11 is 0. The molecule has 8 aromatic rings. The predicted octanol–water partition coefficient (Wildman–Crippen LogP) is 14.4. The molecule has 8 aromatic carbocycles. The first-order valence-corrected chi connectivity index (χ1v) is 18.3. The van der Waals surface area contributed by atoms with E-state index in [1.165, 1.54) is 111 Å². The fourth-order valence-electron chi connectivity index (χ4n) is 8.04. The van der Waals surface area contributed by atoms with E-state index < -0.39 is 0 Å². The molecule has 0 unspecified atom stereocenters. The summed E-state index contributed by atoms with van der Waals surface area (Å²) in [4.78, 5) is 4.85. The molecule has 0 amide bonds. The zero-order chi connectivity index (χ0) is 35.7. The van der Waals surface area contributed by atoms with Gasteiger partial charge in [0.2, 0.25) is 0 Å². The molecule has 0 radical (unpaired) electrons. The molecule has 0 aromatic heterocycles. The van der Waals surface area contributed by atoms with Crippen LogP contribution in [0.2, 0.25) is 0 Å². The zero-order valence-electron chi connectivity index (χ0n) is 30.8. The molecule has 0 saturated heterocycles. The maximum Gasteiger partial charge on any atom is 0.0493 e. The number of hydrogen-bond acceptors (Lipinski definition) is 2. The first-order valence-electron chi connectivity index (χ1n) is 18.3. The van der Waals surface area contributed by atoms with E-state index in [-0.39, 0.29) is 0 Å². The molecule has 52 heavy (non-hydrogen) atoms. The maximum atomic E-state index is 2.43. The van der Waals surface area contributed by atoms with Gasteiger partial charge in [0.15, 0.2) is 0 Å². The lowest BCUT2D eigenvalue weighted by atomic mass is 9.78. The van der Waals surface area contributed by atoms with E-state index in [0.717, 1.165) is 0 Å². The van der Waals surface area contributed by atoms with Crippen molar-refractivity contribution >= 4 is 55.7 Å². The minimum Gasteiger partial charge on any atom is -0.310 e. The topological polar surface area (TPSA) is 6.48 Å². The van der Waals surface area contributed by atoms with Gasteiger partial charge in [-0.3, -0.25) is 0 Å². The lowest BCUT2D eigenvalue weighted by molar-refractivity contribution is 1.22. The molecule has 0 fully saturated rings. The summed E-state index contributed by atoms with van der Waals surface area (Å²) in [6.07, 6.45) is 0. The van der Waals surface area contributed by atoms with Crippen LogP contribution in [-0.4, -0.2) is 0 Å². The standard InChI is InChI=1S/C50H42N2/c1-31-15-17-35(5)49(23-31)51(47-13-9-7-11-33(47)3)41-21-19-37-27-43-44-28-38-20-22-42(26-40(38)30-46(44)45(43)29-39(37)25-41)52(48-14-10-8-12-34(48)4)50-24-32(2)16-18-36(50)6/h7-30H,1-6H3. The van der Waals surface area contributed by atoms with Crippen LogP contribution in [0.1, 0.15) is 33.4 Å². The van der Waals surface area contributed by atoms with Crippen LogP contribution in [0.3, 0.4) is 0 Å². The predicted molar refractivity (Wildman–Crippen MR) is 224 cm³/mol. The van der Waals surface area contributed by atoms with E-state index in [2.05, 4.69) is 197 Å². The Hall–Kier alpha value is -6.12. The molecular formula is C50H42N2. The summed E-state index contributed by atoms with van der Waals surface area (Å²) < 4.78 is 0. The van der Waals surface area contributed by atoms with Crippen molar-refractivity contribution in [3.05, 3.63) is 179 Å². The third kappa shape index (κ3) is 5.26. The summed E-state index contributed by atoms with van der Waals surface area (Å²) in [5.74, 6) is 0. The van der Waals surface area contributed by atoms with Crippen molar-refractivity contribution in [1.29, 1.82) is 0 Å². The van der Waals surface area contributed by atoms with Crippen molar-refractivity contribution in [2.45, 2.75) is 41.5 Å². The van der Waals surface area contributed by atoms with Crippen LogP contribution in [0, 0.1) is 41.5 Å². The van der Waals surface area contributed by atoms with Crippen LogP contribution in [-0.2, 0) is 0 Å². The smallest absolute Gasteiger partial charge is 0.0493 e. The second kappa shape index (κ2) is 12.3. The Labute approximate surface area is 307 Å². The van der Waals surface area contributed by atoms with Gasteiger partial charge < -0.3 is 9.80 Å². The molecule has 2 heteroatoms. The van der Waals surface area contributed by atoms with Crippen LogP contribution in [0.4, 0.5) is 34.1 Å². The van der Waals surface area contributed by atoms with Gasteiger partial charge >= 0.3 is 0 Å². The molecule has 0 spiro atoms. The highest BCUT2D eigenvalue weighted by molar-refractivity contribution is 6.12. The van der Waals surface area contributed by atoms with Crippen LogP contribution in [0.15, 0.2) is 146 Å². The van der Waals surface area contributed by atoms with Gasteiger partial charge in [-0.05, 0) is 192 Å². The quantitative estimate of drug-likeness (QED) is 0.174. The van der Waals surface area contributed by atoms with Crippen LogP contribution in [0.25, 0.3) is 43.8 Å². The summed E-state index contributed by atoms with van der Waals surface area (Å²) in [6.45, 7) is 13.2. The summed E-state index contributed by atoms with van der Waals surface area (Å²) in [6, 6.07) is 54.3. The molecule has 1 aliphatic carbocycles. The Bertz CT molecular complexity index is 2530. The van der Waals surface area contributed by atoms with Gasteiger partial charge in [0.1, 0.15) is 0 Å². The average Bonchev–Trinajstić information content (AvgIpc) is 3.14. The molecule has 2 nitrogen and oxygen atoms in total. The molecular weight excluding hydrogens is 629 g/mol. The first-order chi connectivity index (χ1) is 25.2. The van der Waals surface area contributed by atoms with E-state index in [1.807, 2.05) is 0 Å². The zero-order valence-corrected chi connectivity index (χ0v) is 30.8. The minimum absolute atomic E-state index is 1.17. The molecule has 0 bridgehead atoms. The Kier molecular flexibility index (Phi) is 7.52. The average molecular weight is 671 g/mol. The van der Waals surface area contributed by atoms with E-state index in [9.17, 15) is 0 Å². The fraction of sp³-hybridized carbons (Fsp3) is 0.120. The van der Waals surface area contributed by atoms with E-state index in [0.29, 0.717) is 0 Å². The van der Waals surface area contributed by atoms with E-state index in [1.54, 1.807) is 0 Å². The van der Waals surface area contributed by atoms with Gasteiger partial charge in [-0.1, -0.05) is 72.8 Å². The van der Waals surface area contributed by atoms with Gasteiger partial charge in [0, 0.05) is 34.1 Å². The van der Waals surface area contributed by atoms with Crippen molar-refractivity contribution in [3.8, 4) is 22.3 Å². The number of aryl methyl sites for hydroxylation is 6. The van der Waals surface area contributed by atoms with E-state index in [4.69, 9.17) is 0 Å². The molecule has 0 atom stereocenters. The second-order valence-electron chi connectivity index (χ2n) is 14.7. The minimum atomic E-state index is 1.17. The van der Waals surface area contributed by atoms with Gasteiger partial charge in [-0.25, -0.2) is 0 Å². The lowest BCUT2D eigenvalue weighted by Crippen LogP contribution is -2.13. The van der Waals surface area contributed by atoms with Crippen molar-refractivity contribution in [2.24, 2.45) is 0 Å². The van der Waals surface area contributed by atoms with Crippen LogP contribution in [0.5, 0.6) is 0 Å². The SMILES string of the molecule is Cc1ccc(C)c(N(c2ccc3cc4c(cc3c2)-c2cc3cc(N(c5ccccc5C)c5cc(C)ccc5C)ccc3cc2-4)c2ccccc2C)c1. The van der Waals surface area contributed by atoms with E-state index >= 15 is 0 Å². The summed E-state index contributed by atoms with van der Waals surface area (Å²) in [5, 5.41) is 5.02. The number of hydrogen-bond donors (Lipinski definition) is 0. The highest BCUT2D eigenvalue weighted by Gasteiger charge is 2.25. The molecule has 0 heterocycles. The third-order valence-electron chi connectivity index (χ3n) is 10.9. The Morgan fingerprint density at radius 3 is 1.06 bits per heavy atom. The molecule has 0 aliphatic heterocycles. The third-order valence-corrected chi connectivity index (χ3v) is 10.9. The van der Waals surface area contributed by atoms with Gasteiger partial charge in [0.05, 0.1) is 0 Å². The highest BCUT2D eigenvalue weighted by atomic mass is 15.2. The highest BCUT2D eigenvalue weighted by Crippen LogP contribution is 2.51. The van der Waals surface area contributed by atoms with Crippen molar-refractivity contribution in [1.82, 2.24) is 0 Å². The number of anilines is 6. The molecule has 0 N–H and O–H groups in total. The van der Waals surface area contributed by atoms with Crippen LogP contribution >= 0.6 is 0 Å². The Morgan fingerprint density at radius 1 is 0.288 bits per heavy atom. The monoisotopic (exact) mass is 670 g/mol. The normalized spacial score (nSPS) is 11.7. The van der Waals surface area contributed by atoms with Crippen molar-refractivity contribution in [2.75, 3.05) is 9.80 Å². The number of rotatable bonds is 6. The molecule has 9 rings (SSSR count). The van der Waals surface area contributed by atoms with Gasteiger partial charge in [-0.15, -0.1) is 0 Å². The summed E-state index contributed by atoms with van der Waals surface area (Å²) in [7, 11) is 0. The molecule has 252 valence electrons. The number of nitrogens with zero attached hydrogens (tertiary/aromatic N) is 2. The maximum absolute atomic E-state index is 2.43. The van der Waals surface area contributed by atoms with Crippen molar-refractivity contribution < 1.29 is 0 Å². The number of para-hydroxylation sites is 2. The Balaban J connectivity index is 1.15. The second-order valence-corrected chi connectivity index (χ2v) is 14.7. The molecule has 0 saturated carbocycles. The number of fused-ring (bicyclic) bond motifs is 6. The number of benzene rings is 8. The first kappa shape index (κ1) is 31.8.